The summed E-state index contributed by atoms with van der Waals surface area (Å²) in [5.41, 5.74) is 4.45. The van der Waals surface area contributed by atoms with E-state index in [0.29, 0.717) is 0 Å². The van der Waals surface area contributed by atoms with E-state index in [1.54, 1.807) is 0 Å². The van der Waals surface area contributed by atoms with Crippen molar-refractivity contribution >= 4 is 16.6 Å². The molecule has 0 spiro atoms. The van der Waals surface area contributed by atoms with Gasteiger partial charge in [0.2, 0.25) is 0 Å². The van der Waals surface area contributed by atoms with Crippen LogP contribution in [0.4, 0.5) is 5.82 Å². The normalized spacial score (nSPS) is 15.2. The van der Waals surface area contributed by atoms with Gasteiger partial charge < -0.3 is 5.32 Å². The summed E-state index contributed by atoms with van der Waals surface area (Å²) in [6.45, 7) is 9.57. The fourth-order valence-corrected chi connectivity index (χ4v) is 3.82. The van der Waals surface area contributed by atoms with Gasteiger partial charge in [0, 0.05) is 42.6 Å². The molecule has 1 N–H and O–H groups in total. The Bertz CT molecular complexity index is 966. The van der Waals surface area contributed by atoms with E-state index in [0.717, 1.165) is 34.6 Å². The molecule has 2 aromatic heterocycles. The minimum Gasteiger partial charge on any atom is -0.343 e. The Kier molecular flexibility index (Phi) is 4.94. The molecule has 5 heteroatoms. The van der Waals surface area contributed by atoms with Crippen LogP contribution in [-0.2, 0) is 7.05 Å². The monoisotopic (exact) mass is 361 g/mol. The van der Waals surface area contributed by atoms with Crippen molar-refractivity contribution in [3.63, 3.8) is 0 Å². The number of nitrogens with zero attached hydrogens (tertiary/aromatic N) is 4. The fourth-order valence-electron chi connectivity index (χ4n) is 3.82. The summed E-state index contributed by atoms with van der Waals surface area (Å²) >= 11 is 0. The minimum absolute atomic E-state index is 0.884. The topological polar surface area (TPSA) is 46.0 Å². The standard InChI is InChI=1S/C22H27N5/c1-16(14-27-9-5-4-6-10-27)25-22-17(2)21-11-18(7-8-19(21)12-23-22)20-13-24-26(3)15-20/h7-8,11-13,15H,1,4-6,9-10,14H2,2-3H3,(H,23,25). The third-order valence-corrected chi connectivity index (χ3v) is 5.34. The minimum atomic E-state index is 0.884. The molecule has 0 amide bonds. The van der Waals surface area contributed by atoms with Crippen molar-refractivity contribution in [1.29, 1.82) is 0 Å². The third-order valence-electron chi connectivity index (χ3n) is 5.34. The van der Waals surface area contributed by atoms with Crippen LogP contribution in [0, 0.1) is 6.92 Å². The van der Waals surface area contributed by atoms with Crippen LogP contribution in [0.25, 0.3) is 21.9 Å². The first-order valence-corrected chi connectivity index (χ1v) is 9.66. The fraction of sp³-hybridized carbons (Fsp3) is 0.364. The Morgan fingerprint density at radius 3 is 2.70 bits per heavy atom. The van der Waals surface area contributed by atoms with Crippen LogP contribution in [0.3, 0.4) is 0 Å². The molecule has 1 aromatic carbocycles. The first-order valence-electron chi connectivity index (χ1n) is 9.66. The average molecular weight is 361 g/mol. The molecule has 0 unspecified atom stereocenters. The Balaban J connectivity index is 1.57. The molecular weight excluding hydrogens is 334 g/mol. The number of nitrogens with one attached hydrogen (secondary N) is 1. The van der Waals surface area contributed by atoms with Crippen LogP contribution in [0.2, 0.25) is 0 Å². The number of aromatic nitrogens is 3. The number of rotatable bonds is 5. The molecule has 1 fully saturated rings. The van der Waals surface area contributed by atoms with Crippen molar-refractivity contribution < 1.29 is 0 Å². The van der Waals surface area contributed by atoms with Gasteiger partial charge in [-0.2, -0.15) is 5.10 Å². The van der Waals surface area contributed by atoms with Gasteiger partial charge in [-0.05, 0) is 55.4 Å². The lowest BCUT2D eigenvalue weighted by Crippen LogP contribution is -2.32. The summed E-state index contributed by atoms with van der Waals surface area (Å²) in [5, 5.41) is 10.1. The lowest BCUT2D eigenvalue weighted by atomic mass is 10.0. The van der Waals surface area contributed by atoms with Crippen LogP contribution in [0.1, 0.15) is 24.8 Å². The summed E-state index contributed by atoms with van der Waals surface area (Å²) < 4.78 is 1.83. The molecule has 5 nitrogen and oxygen atoms in total. The van der Waals surface area contributed by atoms with E-state index in [1.807, 2.05) is 30.3 Å². The number of pyridine rings is 1. The van der Waals surface area contributed by atoms with Crippen molar-refractivity contribution in [2.45, 2.75) is 26.2 Å². The molecule has 0 aliphatic carbocycles. The largest absolute Gasteiger partial charge is 0.343 e. The Morgan fingerprint density at radius 1 is 1.15 bits per heavy atom. The third kappa shape index (κ3) is 3.88. The second-order valence-electron chi connectivity index (χ2n) is 7.50. The first-order chi connectivity index (χ1) is 13.1. The van der Waals surface area contributed by atoms with Crippen molar-refractivity contribution in [2.75, 3.05) is 25.0 Å². The predicted octanol–water partition coefficient (Wildman–Crippen LogP) is 4.36. The van der Waals surface area contributed by atoms with Gasteiger partial charge in [-0.3, -0.25) is 9.58 Å². The second kappa shape index (κ2) is 7.53. The smallest absolute Gasteiger partial charge is 0.133 e. The van der Waals surface area contributed by atoms with Crippen LogP contribution >= 0.6 is 0 Å². The molecule has 1 aliphatic rings. The highest BCUT2D eigenvalue weighted by Crippen LogP contribution is 2.29. The highest BCUT2D eigenvalue weighted by atomic mass is 15.2. The van der Waals surface area contributed by atoms with E-state index in [9.17, 15) is 0 Å². The van der Waals surface area contributed by atoms with E-state index in [-0.39, 0.29) is 0 Å². The SMILES string of the molecule is C=C(CN1CCCCC1)Nc1ncc2ccc(-c3cnn(C)c3)cc2c1C. The van der Waals surface area contributed by atoms with Gasteiger partial charge in [0.1, 0.15) is 5.82 Å². The molecule has 0 saturated carbocycles. The van der Waals surface area contributed by atoms with Gasteiger partial charge in [0.15, 0.2) is 0 Å². The maximum atomic E-state index is 4.64. The maximum Gasteiger partial charge on any atom is 0.133 e. The van der Waals surface area contributed by atoms with Crippen LogP contribution < -0.4 is 5.32 Å². The lowest BCUT2D eigenvalue weighted by molar-refractivity contribution is 0.247. The second-order valence-corrected chi connectivity index (χ2v) is 7.50. The van der Waals surface area contributed by atoms with Crippen LogP contribution in [0.15, 0.2) is 49.1 Å². The highest BCUT2D eigenvalue weighted by Gasteiger charge is 2.13. The van der Waals surface area contributed by atoms with Gasteiger partial charge in [-0.1, -0.05) is 25.1 Å². The summed E-state index contributed by atoms with van der Waals surface area (Å²) in [7, 11) is 1.94. The van der Waals surface area contributed by atoms with Crippen molar-refractivity contribution in [1.82, 2.24) is 19.7 Å². The summed E-state index contributed by atoms with van der Waals surface area (Å²) in [6, 6.07) is 6.48. The number of likely N-dealkylation sites (tertiary alicyclic amines) is 1. The van der Waals surface area contributed by atoms with Gasteiger partial charge >= 0.3 is 0 Å². The zero-order valence-corrected chi connectivity index (χ0v) is 16.2. The van der Waals surface area contributed by atoms with E-state index in [2.05, 4.69) is 52.0 Å². The van der Waals surface area contributed by atoms with Crippen LogP contribution in [0.5, 0.6) is 0 Å². The molecular formula is C22H27N5. The van der Waals surface area contributed by atoms with E-state index in [4.69, 9.17) is 0 Å². The summed E-state index contributed by atoms with van der Waals surface area (Å²) in [5.74, 6) is 0.896. The molecule has 0 bridgehead atoms. The zero-order chi connectivity index (χ0) is 18.8. The average Bonchev–Trinajstić information content (AvgIpc) is 3.11. The zero-order valence-electron chi connectivity index (χ0n) is 16.2. The Morgan fingerprint density at radius 2 is 1.96 bits per heavy atom. The molecule has 1 saturated heterocycles. The van der Waals surface area contributed by atoms with Crippen molar-refractivity contribution in [3.05, 3.63) is 54.6 Å². The lowest BCUT2D eigenvalue weighted by Gasteiger charge is -2.27. The molecule has 4 rings (SSSR count). The first kappa shape index (κ1) is 17.7. The Labute approximate surface area is 160 Å². The van der Waals surface area contributed by atoms with Crippen molar-refractivity contribution in [2.24, 2.45) is 7.05 Å². The van der Waals surface area contributed by atoms with Crippen molar-refractivity contribution in [3.8, 4) is 11.1 Å². The van der Waals surface area contributed by atoms with Gasteiger partial charge in [-0.25, -0.2) is 4.98 Å². The number of aryl methyl sites for hydroxylation is 2. The van der Waals surface area contributed by atoms with E-state index >= 15 is 0 Å². The quantitative estimate of drug-likeness (QED) is 0.734. The van der Waals surface area contributed by atoms with E-state index < -0.39 is 0 Å². The predicted molar refractivity (Wildman–Crippen MR) is 112 cm³/mol. The number of hydrogen-bond acceptors (Lipinski definition) is 4. The molecule has 1 aliphatic heterocycles. The molecule has 0 atom stereocenters. The number of fused-ring (bicyclic) bond motifs is 1. The van der Waals surface area contributed by atoms with Gasteiger partial charge in [0.25, 0.3) is 0 Å². The maximum absolute atomic E-state index is 4.64. The number of benzene rings is 1. The molecule has 3 aromatic rings. The molecule has 140 valence electrons. The summed E-state index contributed by atoms with van der Waals surface area (Å²) in [6.07, 6.45) is 9.80. The van der Waals surface area contributed by atoms with Gasteiger partial charge in [0.05, 0.1) is 6.20 Å². The highest BCUT2D eigenvalue weighted by molar-refractivity contribution is 5.91. The molecule has 27 heavy (non-hydrogen) atoms. The molecule has 0 radical (unpaired) electrons. The Hall–Kier alpha value is -2.66. The summed E-state index contributed by atoms with van der Waals surface area (Å²) in [4.78, 5) is 7.11. The van der Waals surface area contributed by atoms with E-state index in [1.165, 1.54) is 43.3 Å². The number of hydrogen-bond donors (Lipinski definition) is 1. The number of piperidine rings is 1. The van der Waals surface area contributed by atoms with Crippen LogP contribution in [-0.4, -0.2) is 39.3 Å². The van der Waals surface area contributed by atoms with Gasteiger partial charge in [-0.15, -0.1) is 0 Å². The molecule has 3 heterocycles. The number of anilines is 1.